The first-order chi connectivity index (χ1) is 13.5. The Morgan fingerprint density at radius 2 is 1.64 bits per heavy atom. The minimum atomic E-state index is -0.150. The number of H-pyrrole nitrogens is 1. The van der Waals surface area contributed by atoms with Crippen LogP contribution in [0.2, 0.25) is 0 Å². The van der Waals surface area contributed by atoms with Gasteiger partial charge in [-0.2, -0.15) is 0 Å². The summed E-state index contributed by atoms with van der Waals surface area (Å²) in [6.45, 7) is 4.88. The first-order valence-electron chi connectivity index (χ1n) is 9.44. The molecule has 0 saturated heterocycles. The quantitative estimate of drug-likeness (QED) is 0.524. The molecule has 0 atom stereocenters. The van der Waals surface area contributed by atoms with Gasteiger partial charge >= 0.3 is 0 Å². The highest BCUT2D eigenvalue weighted by Crippen LogP contribution is 2.15. The second-order valence-electron chi connectivity index (χ2n) is 6.83. The Morgan fingerprint density at radius 1 is 0.964 bits per heavy atom. The summed E-state index contributed by atoms with van der Waals surface area (Å²) in [7, 11) is 0. The number of carbonyl (C=O) groups excluding carboxylic acids is 2. The normalized spacial score (nSPS) is 10.8. The zero-order valence-electron chi connectivity index (χ0n) is 16.1. The highest BCUT2D eigenvalue weighted by Gasteiger charge is 2.09. The van der Waals surface area contributed by atoms with E-state index >= 15 is 0 Å². The third-order valence-corrected chi connectivity index (χ3v) is 4.19. The smallest absolute Gasteiger partial charge is 0.267 e. The number of ether oxygens (including phenoxy) is 1. The Balaban J connectivity index is 1.39. The van der Waals surface area contributed by atoms with E-state index in [1.807, 2.05) is 44.2 Å². The summed E-state index contributed by atoms with van der Waals surface area (Å²) >= 11 is 0. The van der Waals surface area contributed by atoms with E-state index in [-0.39, 0.29) is 17.9 Å². The van der Waals surface area contributed by atoms with E-state index in [2.05, 4.69) is 15.6 Å². The summed E-state index contributed by atoms with van der Waals surface area (Å²) in [5, 5.41) is 6.72. The van der Waals surface area contributed by atoms with Crippen LogP contribution in [0.1, 0.15) is 41.1 Å². The molecule has 0 aliphatic heterocycles. The van der Waals surface area contributed by atoms with Crippen molar-refractivity contribution >= 4 is 22.7 Å². The van der Waals surface area contributed by atoms with Crippen LogP contribution in [0, 0.1) is 0 Å². The number of fused-ring (bicyclic) bond motifs is 1. The van der Waals surface area contributed by atoms with Crippen LogP contribution >= 0.6 is 0 Å². The Labute approximate surface area is 164 Å². The fourth-order valence-corrected chi connectivity index (χ4v) is 2.84. The van der Waals surface area contributed by atoms with Crippen molar-refractivity contribution < 1.29 is 14.3 Å². The predicted octanol–water partition coefficient (Wildman–Crippen LogP) is 3.51. The van der Waals surface area contributed by atoms with E-state index in [0.29, 0.717) is 30.8 Å². The largest absolute Gasteiger partial charge is 0.491 e. The molecule has 0 bridgehead atoms. The fourth-order valence-electron chi connectivity index (χ4n) is 2.84. The molecule has 28 heavy (non-hydrogen) atoms. The lowest BCUT2D eigenvalue weighted by Gasteiger charge is -2.10. The van der Waals surface area contributed by atoms with Gasteiger partial charge in [0.1, 0.15) is 11.4 Å². The molecule has 3 aromatic rings. The summed E-state index contributed by atoms with van der Waals surface area (Å²) in [5.74, 6) is 0.451. The third kappa shape index (κ3) is 5.13. The number of para-hydroxylation sites is 1. The molecule has 3 N–H and O–H groups in total. The van der Waals surface area contributed by atoms with E-state index in [1.165, 1.54) is 0 Å². The maximum atomic E-state index is 12.2. The van der Waals surface area contributed by atoms with Crippen molar-refractivity contribution in [1.82, 2.24) is 15.6 Å². The molecular formula is C22H25N3O3. The highest BCUT2D eigenvalue weighted by atomic mass is 16.5. The van der Waals surface area contributed by atoms with Crippen molar-refractivity contribution in [2.75, 3.05) is 13.1 Å². The molecule has 0 spiro atoms. The van der Waals surface area contributed by atoms with Gasteiger partial charge in [-0.1, -0.05) is 18.2 Å². The number of aromatic amines is 1. The Morgan fingerprint density at radius 3 is 2.32 bits per heavy atom. The van der Waals surface area contributed by atoms with Crippen LogP contribution in [0.4, 0.5) is 0 Å². The molecule has 0 unspecified atom stereocenters. The number of aromatic nitrogens is 1. The molecule has 1 aromatic heterocycles. The van der Waals surface area contributed by atoms with Gasteiger partial charge in [-0.3, -0.25) is 9.59 Å². The first kappa shape index (κ1) is 19.5. The van der Waals surface area contributed by atoms with Crippen molar-refractivity contribution in [1.29, 1.82) is 0 Å². The zero-order valence-corrected chi connectivity index (χ0v) is 16.1. The van der Waals surface area contributed by atoms with Gasteiger partial charge in [0.05, 0.1) is 6.10 Å². The summed E-state index contributed by atoms with van der Waals surface area (Å²) in [6.07, 6.45) is 0.742. The molecule has 0 radical (unpaired) electrons. The molecule has 2 aromatic carbocycles. The SMILES string of the molecule is CC(C)Oc1ccc(C(=O)NCCCNC(=O)c2cc3ccccc3[nH]2)cc1. The number of rotatable bonds is 8. The molecule has 6 heteroatoms. The lowest BCUT2D eigenvalue weighted by molar-refractivity contribution is 0.0948. The lowest BCUT2D eigenvalue weighted by Crippen LogP contribution is -2.30. The number of nitrogens with one attached hydrogen (secondary N) is 3. The number of carbonyl (C=O) groups is 2. The van der Waals surface area contributed by atoms with Crippen LogP contribution < -0.4 is 15.4 Å². The second-order valence-corrected chi connectivity index (χ2v) is 6.83. The van der Waals surface area contributed by atoms with Crippen molar-refractivity contribution in [3.8, 4) is 5.75 Å². The molecule has 6 nitrogen and oxygen atoms in total. The van der Waals surface area contributed by atoms with Crippen LogP contribution in [-0.2, 0) is 0 Å². The van der Waals surface area contributed by atoms with Crippen LogP contribution in [0.25, 0.3) is 10.9 Å². The van der Waals surface area contributed by atoms with Crippen molar-refractivity contribution in [2.45, 2.75) is 26.4 Å². The summed E-state index contributed by atoms with van der Waals surface area (Å²) < 4.78 is 5.57. The average molecular weight is 379 g/mol. The Hall–Kier alpha value is -3.28. The van der Waals surface area contributed by atoms with Gasteiger partial charge in [0, 0.05) is 29.6 Å². The Bertz CT molecular complexity index is 912. The molecule has 2 amide bonds. The van der Waals surface area contributed by atoms with E-state index < -0.39 is 0 Å². The number of amides is 2. The van der Waals surface area contributed by atoms with Gasteiger partial charge in [-0.05, 0) is 56.7 Å². The van der Waals surface area contributed by atoms with E-state index in [0.717, 1.165) is 16.7 Å². The molecular weight excluding hydrogens is 354 g/mol. The third-order valence-electron chi connectivity index (χ3n) is 4.19. The molecule has 3 rings (SSSR count). The maximum Gasteiger partial charge on any atom is 0.267 e. The summed E-state index contributed by atoms with van der Waals surface area (Å²) in [5.41, 5.74) is 2.05. The predicted molar refractivity (Wildman–Crippen MR) is 110 cm³/mol. The number of benzene rings is 2. The van der Waals surface area contributed by atoms with Gasteiger partial charge < -0.3 is 20.4 Å². The van der Waals surface area contributed by atoms with Crippen molar-refractivity contribution in [2.24, 2.45) is 0 Å². The highest BCUT2D eigenvalue weighted by molar-refractivity contribution is 5.98. The first-order valence-corrected chi connectivity index (χ1v) is 9.44. The topological polar surface area (TPSA) is 83.2 Å². The number of hydrogen-bond donors (Lipinski definition) is 3. The summed E-state index contributed by atoms with van der Waals surface area (Å²) in [4.78, 5) is 27.5. The van der Waals surface area contributed by atoms with Gasteiger partial charge in [0.2, 0.25) is 0 Å². The van der Waals surface area contributed by atoms with Gasteiger partial charge in [-0.25, -0.2) is 0 Å². The Kier molecular flexibility index (Phi) is 6.32. The molecule has 0 aliphatic carbocycles. The minimum absolute atomic E-state index is 0.0965. The van der Waals surface area contributed by atoms with E-state index in [9.17, 15) is 9.59 Å². The van der Waals surface area contributed by atoms with Crippen LogP contribution in [0.5, 0.6) is 5.75 Å². The molecule has 0 fully saturated rings. The average Bonchev–Trinajstić information content (AvgIpc) is 3.12. The number of hydrogen-bond acceptors (Lipinski definition) is 3. The summed E-state index contributed by atoms with van der Waals surface area (Å²) in [6, 6.07) is 16.6. The van der Waals surface area contributed by atoms with E-state index in [4.69, 9.17) is 4.74 Å². The minimum Gasteiger partial charge on any atom is -0.491 e. The van der Waals surface area contributed by atoms with E-state index in [1.54, 1.807) is 24.3 Å². The fraction of sp³-hybridized carbons (Fsp3) is 0.273. The van der Waals surface area contributed by atoms with Gasteiger partial charge in [0.25, 0.3) is 11.8 Å². The van der Waals surface area contributed by atoms with Crippen LogP contribution in [-0.4, -0.2) is 36.0 Å². The van der Waals surface area contributed by atoms with Gasteiger partial charge in [-0.15, -0.1) is 0 Å². The van der Waals surface area contributed by atoms with Gasteiger partial charge in [0.15, 0.2) is 0 Å². The maximum absolute atomic E-state index is 12.2. The second kappa shape index (κ2) is 9.08. The van der Waals surface area contributed by atoms with Crippen LogP contribution in [0.3, 0.4) is 0 Å². The monoisotopic (exact) mass is 379 g/mol. The molecule has 0 aliphatic rings. The molecule has 0 saturated carbocycles. The lowest BCUT2D eigenvalue weighted by atomic mass is 10.2. The molecule has 1 heterocycles. The molecule has 146 valence electrons. The van der Waals surface area contributed by atoms with Crippen molar-refractivity contribution in [3.63, 3.8) is 0 Å². The van der Waals surface area contributed by atoms with Crippen molar-refractivity contribution in [3.05, 3.63) is 65.9 Å². The zero-order chi connectivity index (χ0) is 19.9. The van der Waals surface area contributed by atoms with Crippen LogP contribution in [0.15, 0.2) is 54.6 Å². The standard InChI is InChI=1S/C22H25N3O3/c1-15(2)28-18-10-8-16(9-11-18)21(26)23-12-5-13-24-22(27)20-14-17-6-3-4-7-19(17)25-20/h3-4,6-11,14-15,25H,5,12-13H2,1-2H3,(H,23,26)(H,24,27).